The van der Waals surface area contributed by atoms with E-state index in [4.69, 9.17) is 0 Å². The molecule has 1 heterocycles. The van der Waals surface area contributed by atoms with Crippen molar-refractivity contribution in [1.82, 2.24) is 5.32 Å². The van der Waals surface area contributed by atoms with Crippen molar-refractivity contribution in [1.29, 1.82) is 0 Å². The molecule has 20 heavy (non-hydrogen) atoms. The van der Waals surface area contributed by atoms with Crippen LogP contribution in [0.3, 0.4) is 0 Å². The van der Waals surface area contributed by atoms with E-state index in [0.29, 0.717) is 5.92 Å². The van der Waals surface area contributed by atoms with Crippen molar-refractivity contribution in [2.75, 3.05) is 25.5 Å². The molecule has 0 bridgehead atoms. The van der Waals surface area contributed by atoms with E-state index in [-0.39, 0.29) is 0 Å². The van der Waals surface area contributed by atoms with Crippen LogP contribution in [0.25, 0.3) is 11.1 Å². The minimum atomic E-state index is 0.667. The van der Waals surface area contributed by atoms with Gasteiger partial charge in [0.25, 0.3) is 0 Å². The third-order valence-electron chi connectivity index (χ3n) is 4.16. The van der Waals surface area contributed by atoms with Gasteiger partial charge in [-0.15, -0.1) is 0 Å². The lowest BCUT2D eigenvalue weighted by Gasteiger charge is -2.23. The fourth-order valence-electron chi connectivity index (χ4n) is 2.94. The highest BCUT2D eigenvalue weighted by molar-refractivity contribution is 5.66. The molecule has 0 aliphatic carbocycles. The van der Waals surface area contributed by atoms with Crippen molar-refractivity contribution in [2.24, 2.45) is 0 Å². The van der Waals surface area contributed by atoms with E-state index < -0.39 is 0 Å². The van der Waals surface area contributed by atoms with Crippen molar-refractivity contribution in [3.8, 4) is 11.1 Å². The van der Waals surface area contributed by atoms with Gasteiger partial charge in [-0.2, -0.15) is 0 Å². The number of hydrogen-bond donors (Lipinski definition) is 2. The molecule has 0 radical (unpaired) electrons. The molecule has 1 saturated heterocycles. The molecule has 1 aliphatic rings. The van der Waals surface area contributed by atoms with Gasteiger partial charge in [0.2, 0.25) is 0 Å². The number of benzene rings is 2. The fraction of sp³-hybridized carbons (Fsp3) is 0.333. The Morgan fingerprint density at radius 1 is 1.05 bits per heavy atom. The van der Waals surface area contributed by atoms with Crippen LogP contribution in [0.15, 0.2) is 48.5 Å². The smallest absolute Gasteiger partial charge is 0.0337 e. The standard InChI is InChI=1S/C18H22N2/c1-19-18-9-7-14(8-10-18)15-4-2-5-16(12-15)17-6-3-11-20-13-17/h2,4-5,7-10,12,17,19-20H,3,6,11,13H2,1H3. The average Bonchev–Trinajstić information content (AvgIpc) is 2.56. The molecule has 2 aromatic carbocycles. The second-order valence-electron chi connectivity index (χ2n) is 5.50. The first-order valence-corrected chi connectivity index (χ1v) is 7.46. The fourth-order valence-corrected chi connectivity index (χ4v) is 2.94. The summed E-state index contributed by atoms with van der Waals surface area (Å²) in [5, 5.41) is 6.66. The van der Waals surface area contributed by atoms with Crippen LogP contribution in [0.5, 0.6) is 0 Å². The monoisotopic (exact) mass is 266 g/mol. The normalized spacial score (nSPS) is 18.8. The maximum Gasteiger partial charge on any atom is 0.0337 e. The Kier molecular flexibility index (Phi) is 4.03. The highest BCUT2D eigenvalue weighted by Crippen LogP contribution is 2.28. The molecule has 1 atom stereocenters. The lowest BCUT2D eigenvalue weighted by molar-refractivity contribution is 0.462. The van der Waals surface area contributed by atoms with Crippen LogP contribution in [0, 0.1) is 0 Å². The van der Waals surface area contributed by atoms with Gasteiger partial charge in [0.05, 0.1) is 0 Å². The molecule has 2 heteroatoms. The summed E-state index contributed by atoms with van der Waals surface area (Å²) in [5.41, 5.74) is 5.22. The largest absolute Gasteiger partial charge is 0.388 e. The lowest BCUT2D eigenvalue weighted by atomic mass is 9.90. The van der Waals surface area contributed by atoms with Crippen molar-refractivity contribution in [2.45, 2.75) is 18.8 Å². The molecule has 2 nitrogen and oxygen atoms in total. The van der Waals surface area contributed by atoms with Crippen molar-refractivity contribution < 1.29 is 0 Å². The van der Waals surface area contributed by atoms with Crippen LogP contribution in [0.2, 0.25) is 0 Å². The van der Waals surface area contributed by atoms with Gasteiger partial charge in [-0.1, -0.05) is 36.4 Å². The van der Waals surface area contributed by atoms with E-state index >= 15 is 0 Å². The second kappa shape index (κ2) is 6.10. The average molecular weight is 266 g/mol. The summed E-state index contributed by atoms with van der Waals surface area (Å²) in [6.45, 7) is 2.28. The molecule has 0 spiro atoms. The maximum atomic E-state index is 3.50. The minimum absolute atomic E-state index is 0.667. The molecule has 1 unspecified atom stereocenters. The summed E-state index contributed by atoms with van der Waals surface area (Å²) >= 11 is 0. The van der Waals surface area contributed by atoms with Crippen LogP contribution < -0.4 is 10.6 Å². The molecule has 2 aromatic rings. The van der Waals surface area contributed by atoms with Gasteiger partial charge in [-0.05, 0) is 54.1 Å². The summed E-state index contributed by atoms with van der Waals surface area (Å²) in [6.07, 6.45) is 2.58. The summed E-state index contributed by atoms with van der Waals surface area (Å²) in [7, 11) is 1.95. The molecule has 0 amide bonds. The molecule has 1 fully saturated rings. The SMILES string of the molecule is CNc1ccc(-c2cccc(C3CCCNC3)c2)cc1. The lowest BCUT2D eigenvalue weighted by Crippen LogP contribution is -2.28. The molecule has 104 valence electrons. The highest BCUT2D eigenvalue weighted by Gasteiger charge is 2.15. The van der Waals surface area contributed by atoms with Crippen LogP contribution in [-0.2, 0) is 0 Å². The van der Waals surface area contributed by atoms with Gasteiger partial charge in [-0.25, -0.2) is 0 Å². The van der Waals surface area contributed by atoms with E-state index in [2.05, 4.69) is 59.2 Å². The van der Waals surface area contributed by atoms with Gasteiger partial charge in [-0.3, -0.25) is 0 Å². The molecular formula is C18H22N2. The zero-order chi connectivity index (χ0) is 13.8. The Morgan fingerprint density at radius 2 is 1.90 bits per heavy atom. The zero-order valence-corrected chi connectivity index (χ0v) is 12.0. The molecule has 1 aliphatic heterocycles. The Labute approximate surface area is 121 Å². The Balaban J connectivity index is 1.85. The van der Waals surface area contributed by atoms with Gasteiger partial charge < -0.3 is 10.6 Å². The highest BCUT2D eigenvalue weighted by atomic mass is 14.9. The van der Waals surface area contributed by atoms with E-state index in [1.165, 1.54) is 36.1 Å². The van der Waals surface area contributed by atoms with Crippen molar-refractivity contribution >= 4 is 5.69 Å². The van der Waals surface area contributed by atoms with E-state index in [1.54, 1.807) is 0 Å². The number of piperidine rings is 1. The third-order valence-corrected chi connectivity index (χ3v) is 4.16. The number of rotatable bonds is 3. The molecule has 2 N–H and O–H groups in total. The third kappa shape index (κ3) is 2.86. The Bertz CT molecular complexity index is 554. The Morgan fingerprint density at radius 3 is 2.60 bits per heavy atom. The molecule has 3 rings (SSSR count). The summed E-state index contributed by atoms with van der Waals surface area (Å²) in [6, 6.07) is 17.6. The Hall–Kier alpha value is -1.80. The van der Waals surface area contributed by atoms with E-state index in [0.717, 1.165) is 12.2 Å². The summed E-state index contributed by atoms with van der Waals surface area (Å²) in [5.74, 6) is 0.667. The number of hydrogen-bond acceptors (Lipinski definition) is 2. The molecule has 0 aromatic heterocycles. The summed E-state index contributed by atoms with van der Waals surface area (Å²) in [4.78, 5) is 0. The van der Waals surface area contributed by atoms with E-state index in [1.807, 2.05) is 7.05 Å². The van der Waals surface area contributed by atoms with Gasteiger partial charge in [0, 0.05) is 19.3 Å². The first kappa shape index (κ1) is 13.2. The first-order valence-electron chi connectivity index (χ1n) is 7.46. The molecular weight excluding hydrogens is 244 g/mol. The zero-order valence-electron chi connectivity index (χ0n) is 12.0. The van der Waals surface area contributed by atoms with Gasteiger partial charge in [0.15, 0.2) is 0 Å². The van der Waals surface area contributed by atoms with Gasteiger partial charge >= 0.3 is 0 Å². The van der Waals surface area contributed by atoms with Crippen LogP contribution in [0.4, 0.5) is 5.69 Å². The van der Waals surface area contributed by atoms with Crippen molar-refractivity contribution in [3.05, 3.63) is 54.1 Å². The summed E-state index contributed by atoms with van der Waals surface area (Å²) < 4.78 is 0. The molecule has 0 saturated carbocycles. The van der Waals surface area contributed by atoms with Crippen LogP contribution in [0.1, 0.15) is 24.3 Å². The second-order valence-corrected chi connectivity index (χ2v) is 5.50. The quantitative estimate of drug-likeness (QED) is 0.881. The van der Waals surface area contributed by atoms with Crippen LogP contribution in [-0.4, -0.2) is 20.1 Å². The number of anilines is 1. The van der Waals surface area contributed by atoms with E-state index in [9.17, 15) is 0 Å². The maximum absolute atomic E-state index is 3.50. The minimum Gasteiger partial charge on any atom is -0.388 e. The predicted octanol–water partition coefficient (Wildman–Crippen LogP) is 3.86. The predicted molar refractivity (Wildman–Crippen MR) is 86.3 cm³/mol. The van der Waals surface area contributed by atoms with Crippen LogP contribution >= 0.6 is 0 Å². The topological polar surface area (TPSA) is 24.1 Å². The van der Waals surface area contributed by atoms with Gasteiger partial charge in [0.1, 0.15) is 0 Å². The number of nitrogens with one attached hydrogen (secondary N) is 2. The van der Waals surface area contributed by atoms with Crippen molar-refractivity contribution in [3.63, 3.8) is 0 Å². The first-order chi connectivity index (χ1) is 9.86.